The van der Waals surface area contributed by atoms with Crippen LogP contribution in [0.15, 0.2) is 24.3 Å². The number of carbonyl (C=O) groups is 1. The summed E-state index contributed by atoms with van der Waals surface area (Å²) in [5.41, 5.74) is 1.98. The van der Waals surface area contributed by atoms with Crippen LogP contribution in [0.1, 0.15) is 28.5 Å². The highest BCUT2D eigenvalue weighted by Crippen LogP contribution is 2.28. The Morgan fingerprint density at radius 3 is 2.46 bits per heavy atom. The van der Waals surface area contributed by atoms with Crippen LogP contribution < -0.4 is 5.32 Å². The molecule has 0 fully saturated rings. The van der Waals surface area contributed by atoms with E-state index in [-0.39, 0.29) is 11.6 Å². The quantitative estimate of drug-likeness (QED) is 0.647. The topological polar surface area (TPSA) is 93.3 Å². The molecule has 8 heteroatoms. The molecule has 2 aromatic rings. The summed E-state index contributed by atoms with van der Waals surface area (Å²) >= 11 is 0. The summed E-state index contributed by atoms with van der Waals surface area (Å²) in [6.07, 6.45) is 0.493. The molecule has 1 amide bonds. The van der Waals surface area contributed by atoms with Crippen molar-refractivity contribution < 1.29 is 9.72 Å². The highest BCUT2D eigenvalue weighted by molar-refractivity contribution is 5.93. The van der Waals surface area contributed by atoms with E-state index in [1.54, 1.807) is 33.3 Å². The number of carbonyl (C=O) groups excluding carboxylic acids is 1. The van der Waals surface area contributed by atoms with E-state index in [9.17, 15) is 14.9 Å². The molecule has 128 valence electrons. The van der Waals surface area contributed by atoms with Gasteiger partial charge in [0, 0.05) is 33.3 Å². The first-order chi connectivity index (χ1) is 11.3. The Morgan fingerprint density at radius 2 is 1.96 bits per heavy atom. The second-order valence-electron chi connectivity index (χ2n) is 5.63. The summed E-state index contributed by atoms with van der Waals surface area (Å²) in [5, 5.41) is 18.5. The third kappa shape index (κ3) is 3.53. The van der Waals surface area contributed by atoms with Gasteiger partial charge < -0.3 is 10.2 Å². The van der Waals surface area contributed by atoms with E-state index in [2.05, 4.69) is 10.4 Å². The molecule has 1 aromatic heterocycles. The summed E-state index contributed by atoms with van der Waals surface area (Å²) in [4.78, 5) is 24.2. The number of nitro groups is 1. The number of hydrogen-bond donors (Lipinski definition) is 1. The zero-order chi connectivity index (χ0) is 17.9. The van der Waals surface area contributed by atoms with E-state index >= 15 is 0 Å². The van der Waals surface area contributed by atoms with Gasteiger partial charge in [0.2, 0.25) is 5.82 Å². The zero-order valence-corrected chi connectivity index (χ0v) is 14.2. The minimum atomic E-state index is -0.410. The highest BCUT2D eigenvalue weighted by Gasteiger charge is 2.25. The molecule has 1 heterocycles. The Balaban J connectivity index is 2.16. The van der Waals surface area contributed by atoms with Crippen LogP contribution in [0.3, 0.4) is 0 Å². The van der Waals surface area contributed by atoms with Gasteiger partial charge in [0.25, 0.3) is 5.91 Å². The Labute approximate surface area is 140 Å². The number of nitrogens with one attached hydrogen (secondary N) is 1. The Hall–Kier alpha value is -2.90. The molecule has 0 radical (unpaired) electrons. The smallest absolute Gasteiger partial charge is 0.333 e. The molecule has 8 nitrogen and oxygen atoms in total. The van der Waals surface area contributed by atoms with E-state index in [0.717, 1.165) is 5.56 Å². The predicted molar refractivity (Wildman–Crippen MR) is 91.0 cm³/mol. The average Bonchev–Trinajstić information content (AvgIpc) is 2.88. The highest BCUT2D eigenvalue weighted by atomic mass is 16.6. The first-order valence-corrected chi connectivity index (χ1v) is 7.59. The molecule has 0 spiro atoms. The van der Waals surface area contributed by atoms with Crippen molar-refractivity contribution in [1.82, 2.24) is 14.7 Å². The number of nitrogens with zero attached hydrogens (tertiary/aromatic N) is 4. The lowest BCUT2D eigenvalue weighted by atomic mass is 10.1. The standard InChI is InChI=1S/C16H21N5O3/c1-5-13-14(21(23)24)15(20(4)18-13)17-10-11-6-8-12(9-7-11)16(22)19(2)3/h6-9,17H,5,10H2,1-4H3. The number of anilines is 1. The van der Waals surface area contributed by atoms with Crippen molar-refractivity contribution in [3.8, 4) is 0 Å². The Bertz CT molecular complexity index is 750. The lowest BCUT2D eigenvalue weighted by Gasteiger charge is -2.11. The third-order valence-corrected chi connectivity index (χ3v) is 3.68. The largest absolute Gasteiger partial charge is 0.360 e. The van der Waals surface area contributed by atoms with Crippen LogP contribution in [-0.2, 0) is 20.0 Å². The molecular weight excluding hydrogens is 310 g/mol. The van der Waals surface area contributed by atoms with Crippen LogP contribution in [0.2, 0.25) is 0 Å². The minimum absolute atomic E-state index is 0.0133. The van der Waals surface area contributed by atoms with Gasteiger partial charge in [0.15, 0.2) is 0 Å². The third-order valence-electron chi connectivity index (χ3n) is 3.68. The van der Waals surface area contributed by atoms with Crippen molar-refractivity contribution in [3.05, 3.63) is 51.2 Å². The SMILES string of the molecule is CCc1nn(C)c(NCc2ccc(C(=O)N(C)C)cc2)c1[N+](=O)[O-]. The van der Waals surface area contributed by atoms with Crippen molar-refractivity contribution in [3.63, 3.8) is 0 Å². The molecule has 0 aliphatic carbocycles. The first kappa shape index (κ1) is 17.5. The summed E-state index contributed by atoms with van der Waals surface area (Å²) in [7, 11) is 5.07. The van der Waals surface area contributed by atoms with Crippen molar-refractivity contribution in [2.24, 2.45) is 7.05 Å². The van der Waals surface area contributed by atoms with Gasteiger partial charge in [-0.25, -0.2) is 4.68 Å². The van der Waals surface area contributed by atoms with Crippen LogP contribution in [0.4, 0.5) is 11.5 Å². The molecule has 24 heavy (non-hydrogen) atoms. The van der Waals surface area contributed by atoms with Crippen LogP contribution >= 0.6 is 0 Å². The number of hydrogen-bond acceptors (Lipinski definition) is 5. The molecule has 0 bridgehead atoms. The van der Waals surface area contributed by atoms with Gasteiger partial charge in [-0.1, -0.05) is 19.1 Å². The summed E-state index contributed by atoms with van der Waals surface area (Å²) in [6.45, 7) is 2.24. The van der Waals surface area contributed by atoms with E-state index in [0.29, 0.717) is 30.0 Å². The van der Waals surface area contributed by atoms with Crippen molar-refractivity contribution in [1.29, 1.82) is 0 Å². The van der Waals surface area contributed by atoms with Crippen LogP contribution in [0, 0.1) is 10.1 Å². The fourth-order valence-corrected chi connectivity index (χ4v) is 2.41. The van der Waals surface area contributed by atoms with Gasteiger partial charge in [-0.05, 0) is 24.1 Å². The van der Waals surface area contributed by atoms with Gasteiger partial charge in [-0.2, -0.15) is 5.10 Å². The van der Waals surface area contributed by atoms with E-state index in [1.807, 2.05) is 19.1 Å². The van der Waals surface area contributed by atoms with E-state index < -0.39 is 4.92 Å². The Morgan fingerprint density at radius 1 is 1.33 bits per heavy atom. The molecule has 1 aromatic carbocycles. The van der Waals surface area contributed by atoms with Gasteiger partial charge in [0.05, 0.1) is 4.92 Å². The van der Waals surface area contributed by atoms with Gasteiger partial charge in [-0.15, -0.1) is 0 Å². The van der Waals surface area contributed by atoms with Crippen molar-refractivity contribution >= 4 is 17.4 Å². The summed E-state index contributed by atoms with van der Waals surface area (Å²) in [6, 6.07) is 7.14. The second-order valence-corrected chi connectivity index (χ2v) is 5.63. The number of aromatic nitrogens is 2. The average molecular weight is 331 g/mol. The van der Waals surface area contributed by atoms with Gasteiger partial charge in [0.1, 0.15) is 5.69 Å². The van der Waals surface area contributed by atoms with Crippen molar-refractivity contribution in [2.45, 2.75) is 19.9 Å². The molecule has 1 N–H and O–H groups in total. The number of benzene rings is 1. The summed E-state index contributed by atoms with van der Waals surface area (Å²) in [5.74, 6) is 0.315. The fourth-order valence-electron chi connectivity index (χ4n) is 2.41. The maximum absolute atomic E-state index is 11.9. The van der Waals surface area contributed by atoms with Crippen molar-refractivity contribution in [2.75, 3.05) is 19.4 Å². The molecule has 0 aliphatic heterocycles. The molecule has 0 saturated carbocycles. The monoisotopic (exact) mass is 331 g/mol. The van der Waals surface area contributed by atoms with E-state index in [1.165, 1.54) is 9.58 Å². The summed E-state index contributed by atoms with van der Waals surface area (Å²) < 4.78 is 1.49. The Kier molecular flexibility index (Phi) is 5.18. The predicted octanol–water partition coefficient (Wildman–Crippen LogP) is 2.20. The van der Waals surface area contributed by atoms with E-state index in [4.69, 9.17) is 0 Å². The molecule has 0 aliphatic rings. The van der Waals surface area contributed by atoms with Crippen LogP contribution in [0.25, 0.3) is 0 Å². The lowest BCUT2D eigenvalue weighted by Crippen LogP contribution is -2.21. The number of rotatable bonds is 6. The molecule has 2 rings (SSSR count). The number of amides is 1. The minimum Gasteiger partial charge on any atom is -0.360 e. The normalized spacial score (nSPS) is 10.5. The first-order valence-electron chi connectivity index (χ1n) is 7.59. The molecule has 0 unspecified atom stereocenters. The molecule has 0 atom stereocenters. The van der Waals surface area contributed by atoms with Crippen LogP contribution in [0.5, 0.6) is 0 Å². The molecular formula is C16H21N5O3. The number of aryl methyl sites for hydroxylation is 2. The maximum atomic E-state index is 11.9. The lowest BCUT2D eigenvalue weighted by molar-refractivity contribution is -0.384. The van der Waals surface area contributed by atoms with Gasteiger partial charge in [-0.3, -0.25) is 14.9 Å². The maximum Gasteiger partial charge on any atom is 0.333 e. The second kappa shape index (κ2) is 7.12. The van der Waals surface area contributed by atoms with Crippen LogP contribution in [-0.4, -0.2) is 39.6 Å². The van der Waals surface area contributed by atoms with Gasteiger partial charge >= 0.3 is 5.69 Å². The fraction of sp³-hybridized carbons (Fsp3) is 0.375. The zero-order valence-electron chi connectivity index (χ0n) is 14.2. The molecule has 0 saturated heterocycles.